The van der Waals surface area contributed by atoms with E-state index in [1.165, 1.54) is 22.6 Å². The Morgan fingerprint density at radius 2 is 1.69 bits per heavy atom. The number of carbonyl (C=O) groups is 2. The highest BCUT2D eigenvalue weighted by Gasteiger charge is 2.11. The Kier molecular flexibility index (Phi) is 10.1. The maximum atomic E-state index is 10.2. The van der Waals surface area contributed by atoms with Crippen molar-refractivity contribution in [1.29, 1.82) is 0 Å². The molecule has 1 atom stereocenters. The number of hydrogen-bond donors (Lipinski definition) is 3. The number of aliphatic hydroxyl groups excluding tert-OH is 1. The zero-order chi connectivity index (χ0) is 12.4. The van der Waals surface area contributed by atoms with Crippen molar-refractivity contribution in [2.24, 2.45) is 0 Å². The fourth-order valence-electron chi connectivity index (χ4n) is 0.653. The van der Waals surface area contributed by atoms with Crippen LogP contribution in [-0.2, 0) is 9.59 Å². The largest absolute Gasteiger partial charge is 0.481 e. The van der Waals surface area contributed by atoms with Crippen molar-refractivity contribution in [2.45, 2.75) is 12.5 Å². The van der Waals surface area contributed by atoms with Crippen molar-refractivity contribution in [3.63, 3.8) is 0 Å². The van der Waals surface area contributed by atoms with Crippen LogP contribution in [0.1, 0.15) is 6.42 Å². The molecule has 0 rings (SSSR count). The van der Waals surface area contributed by atoms with Gasteiger partial charge in [0.25, 0.3) is 0 Å². The Hall–Kier alpha value is -0.0500. The lowest BCUT2D eigenvalue weighted by Crippen LogP contribution is -2.19. The van der Waals surface area contributed by atoms with Gasteiger partial charge in [-0.05, 0) is 6.42 Å². The minimum absolute atomic E-state index is 0.114. The van der Waals surface area contributed by atoms with E-state index >= 15 is 0 Å². The zero-order valence-electron chi connectivity index (χ0n) is 8.50. The fraction of sp³-hybridized carbons (Fsp3) is 0.750. The van der Waals surface area contributed by atoms with E-state index in [0.717, 1.165) is 11.5 Å². The van der Waals surface area contributed by atoms with Crippen molar-refractivity contribution in [3.8, 4) is 0 Å². The highest BCUT2D eigenvalue weighted by molar-refractivity contribution is 8.76. The standard InChI is InChI=1S/C8H14O5S3/c9-6(8(12)13)1-2-15-16-4-3-14-5-7(10)11/h6,9H,1-5H2,(H,10,11)(H,12,13). The summed E-state index contributed by atoms with van der Waals surface area (Å²) in [5, 5.41) is 25.7. The molecule has 0 aliphatic rings. The fourth-order valence-corrected chi connectivity index (χ4v) is 3.88. The Labute approximate surface area is 106 Å². The molecule has 3 N–H and O–H groups in total. The number of carboxylic acid groups (broad SMARTS) is 2. The van der Waals surface area contributed by atoms with Gasteiger partial charge in [0, 0.05) is 17.3 Å². The highest BCUT2D eigenvalue weighted by atomic mass is 33.1. The molecule has 0 amide bonds. The second-order valence-electron chi connectivity index (χ2n) is 2.73. The molecule has 5 nitrogen and oxygen atoms in total. The van der Waals surface area contributed by atoms with Crippen molar-refractivity contribution >= 4 is 45.3 Å². The first-order chi connectivity index (χ1) is 7.54. The number of carboxylic acids is 2. The number of hydrogen-bond acceptors (Lipinski definition) is 6. The van der Waals surface area contributed by atoms with Crippen LogP contribution in [0.25, 0.3) is 0 Å². The van der Waals surface area contributed by atoms with Crippen LogP contribution in [0.5, 0.6) is 0 Å². The van der Waals surface area contributed by atoms with Crippen LogP contribution < -0.4 is 0 Å². The Bertz CT molecular complexity index is 224. The Morgan fingerprint density at radius 3 is 2.25 bits per heavy atom. The lowest BCUT2D eigenvalue weighted by Gasteiger charge is -2.04. The maximum absolute atomic E-state index is 10.2. The molecule has 8 heteroatoms. The average molecular weight is 286 g/mol. The summed E-state index contributed by atoms with van der Waals surface area (Å²) in [4.78, 5) is 20.4. The third-order valence-corrected chi connectivity index (χ3v) is 5.02. The summed E-state index contributed by atoms with van der Waals surface area (Å²) in [5.41, 5.74) is 0. The van der Waals surface area contributed by atoms with Crippen LogP contribution in [0.3, 0.4) is 0 Å². The number of rotatable bonds is 10. The predicted molar refractivity (Wildman–Crippen MR) is 68.1 cm³/mol. The minimum Gasteiger partial charge on any atom is -0.481 e. The molecule has 0 bridgehead atoms. The van der Waals surface area contributed by atoms with Gasteiger partial charge < -0.3 is 15.3 Å². The molecule has 0 heterocycles. The number of thioether (sulfide) groups is 1. The van der Waals surface area contributed by atoms with Crippen LogP contribution in [-0.4, -0.2) is 56.4 Å². The van der Waals surface area contributed by atoms with Gasteiger partial charge in [-0.1, -0.05) is 21.6 Å². The van der Waals surface area contributed by atoms with E-state index in [-0.39, 0.29) is 12.2 Å². The van der Waals surface area contributed by atoms with Crippen LogP contribution >= 0.6 is 33.3 Å². The van der Waals surface area contributed by atoms with E-state index in [9.17, 15) is 9.59 Å². The molecule has 0 aliphatic carbocycles. The van der Waals surface area contributed by atoms with Crippen LogP contribution in [0, 0.1) is 0 Å². The molecule has 1 unspecified atom stereocenters. The predicted octanol–water partition coefficient (Wildman–Crippen LogP) is 1.02. The zero-order valence-corrected chi connectivity index (χ0v) is 10.9. The molecule has 0 fully saturated rings. The molecule has 0 aromatic carbocycles. The minimum atomic E-state index is -1.28. The quantitative estimate of drug-likeness (QED) is 0.405. The third-order valence-electron chi connectivity index (χ3n) is 1.38. The molecular weight excluding hydrogens is 272 g/mol. The summed E-state index contributed by atoms with van der Waals surface area (Å²) in [6.45, 7) is 0. The Balaban J connectivity index is 3.15. The molecule has 0 aliphatic heterocycles. The first-order valence-electron chi connectivity index (χ1n) is 4.49. The van der Waals surface area contributed by atoms with Gasteiger partial charge in [0.2, 0.25) is 0 Å². The molecule has 0 spiro atoms. The lowest BCUT2D eigenvalue weighted by molar-refractivity contribution is -0.146. The number of aliphatic carboxylic acids is 2. The molecule has 0 aromatic heterocycles. The topological polar surface area (TPSA) is 94.8 Å². The third kappa shape index (κ3) is 10.5. The second kappa shape index (κ2) is 10.1. The molecule has 0 saturated carbocycles. The van der Waals surface area contributed by atoms with E-state index in [1.807, 2.05) is 0 Å². The van der Waals surface area contributed by atoms with Crippen LogP contribution in [0.4, 0.5) is 0 Å². The first kappa shape index (κ1) is 16.0. The molecule has 16 heavy (non-hydrogen) atoms. The maximum Gasteiger partial charge on any atom is 0.332 e. The summed E-state index contributed by atoms with van der Waals surface area (Å²) in [6.07, 6.45) is -1.05. The van der Waals surface area contributed by atoms with E-state index in [4.69, 9.17) is 15.3 Å². The summed E-state index contributed by atoms with van der Waals surface area (Å²) in [6, 6.07) is 0. The van der Waals surface area contributed by atoms with Gasteiger partial charge >= 0.3 is 11.9 Å². The number of aliphatic hydroxyl groups is 1. The van der Waals surface area contributed by atoms with Crippen molar-refractivity contribution in [2.75, 3.05) is 23.0 Å². The average Bonchev–Trinajstić information content (AvgIpc) is 2.21. The van der Waals surface area contributed by atoms with Gasteiger partial charge in [-0.25, -0.2) is 4.79 Å². The molecule has 0 radical (unpaired) electrons. The normalized spacial score (nSPS) is 12.3. The van der Waals surface area contributed by atoms with Crippen molar-refractivity contribution in [1.82, 2.24) is 0 Å². The monoisotopic (exact) mass is 286 g/mol. The molecule has 0 saturated heterocycles. The Morgan fingerprint density at radius 1 is 1.06 bits per heavy atom. The van der Waals surface area contributed by atoms with E-state index in [2.05, 4.69) is 0 Å². The van der Waals surface area contributed by atoms with E-state index < -0.39 is 18.0 Å². The van der Waals surface area contributed by atoms with Gasteiger partial charge in [0.15, 0.2) is 6.10 Å². The molecular formula is C8H14O5S3. The van der Waals surface area contributed by atoms with Gasteiger partial charge in [-0.2, -0.15) is 0 Å². The summed E-state index contributed by atoms with van der Waals surface area (Å²) < 4.78 is 0. The first-order valence-corrected chi connectivity index (χ1v) is 8.13. The van der Waals surface area contributed by atoms with Gasteiger partial charge in [-0.3, -0.25) is 4.79 Å². The lowest BCUT2D eigenvalue weighted by atomic mass is 10.3. The van der Waals surface area contributed by atoms with Crippen LogP contribution in [0.2, 0.25) is 0 Å². The SMILES string of the molecule is O=C(O)CSCCSSCCC(O)C(=O)O. The van der Waals surface area contributed by atoms with E-state index in [0.29, 0.717) is 5.75 Å². The molecule has 94 valence electrons. The van der Waals surface area contributed by atoms with Gasteiger partial charge in [0.05, 0.1) is 5.75 Å². The second-order valence-corrected chi connectivity index (χ2v) is 6.54. The van der Waals surface area contributed by atoms with Crippen molar-refractivity contribution in [3.05, 3.63) is 0 Å². The summed E-state index contributed by atoms with van der Waals surface area (Å²) >= 11 is 1.35. The smallest absolute Gasteiger partial charge is 0.332 e. The molecule has 0 aromatic rings. The van der Waals surface area contributed by atoms with Gasteiger partial charge in [-0.15, -0.1) is 11.8 Å². The van der Waals surface area contributed by atoms with Crippen molar-refractivity contribution < 1.29 is 24.9 Å². The van der Waals surface area contributed by atoms with E-state index in [1.54, 1.807) is 10.8 Å². The van der Waals surface area contributed by atoms with Gasteiger partial charge in [0.1, 0.15) is 0 Å². The van der Waals surface area contributed by atoms with Crippen LogP contribution in [0.15, 0.2) is 0 Å². The summed E-state index contributed by atoms with van der Waals surface area (Å²) in [5.74, 6) is 0.247. The summed E-state index contributed by atoms with van der Waals surface area (Å²) in [7, 11) is 3.05. The highest BCUT2D eigenvalue weighted by Crippen LogP contribution is 2.23.